The zero-order chi connectivity index (χ0) is 16.8. The molecule has 1 aromatic carbocycles. The monoisotopic (exact) mass is 326 g/mol. The van der Waals surface area contributed by atoms with Gasteiger partial charge >= 0.3 is 0 Å². The lowest BCUT2D eigenvalue weighted by atomic mass is 10.1. The Morgan fingerprint density at radius 3 is 2.96 bits per heavy atom. The lowest BCUT2D eigenvalue weighted by Crippen LogP contribution is -2.25. The molecule has 4 heteroatoms. The highest BCUT2D eigenvalue weighted by molar-refractivity contribution is 5.40. The molecule has 2 heterocycles. The number of pyridine rings is 1. The van der Waals surface area contributed by atoms with Gasteiger partial charge in [0.1, 0.15) is 11.9 Å². The number of rotatable bonds is 8. The average Bonchev–Trinajstić information content (AvgIpc) is 2.95. The maximum absolute atomic E-state index is 5.80. The summed E-state index contributed by atoms with van der Waals surface area (Å²) < 4.78 is 11.0. The van der Waals surface area contributed by atoms with E-state index in [1.165, 1.54) is 11.1 Å². The predicted octanol–water partition coefficient (Wildman–Crippen LogP) is 3.44. The van der Waals surface area contributed by atoms with E-state index in [2.05, 4.69) is 41.1 Å². The van der Waals surface area contributed by atoms with Crippen LogP contribution in [-0.4, -0.2) is 36.2 Å². The van der Waals surface area contributed by atoms with Crippen LogP contribution in [0.3, 0.4) is 0 Å². The van der Waals surface area contributed by atoms with Crippen LogP contribution < -0.4 is 4.74 Å². The molecule has 0 saturated heterocycles. The third-order valence-electron chi connectivity index (χ3n) is 4.30. The second-order valence-corrected chi connectivity index (χ2v) is 6.45. The maximum atomic E-state index is 5.80. The maximum Gasteiger partial charge on any atom is 0.123 e. The lowest BCUT2D eigenvalue weighted by Gasteiger charge is -2.22. The second-order valence-electron chi connectivity index (χ2n) is 6.45. The largest absolute Gasteiger partial charge is 0.490 e. The number of aromatic nitrogens is 1. The summed E-state index contributed by atoms with van der Waals surface area (Å²) in [4.78, 5) is 6.90. The van der Waals surface area contributed by atoms with E-state index < -0.39 is 0 Å². The molecule has 1 atom stereocenters. The fourth-order valence-electron chi connectivity index (χ4n) is 3.20. The van der Waals surface area contributed by atoms with E-state index >= 15 is 0 Å². The average molecular weight is 326 g/mol. The summed E-state index contributed by atoms with van der Waals surface area (Å²) in [5.41, 5.74) is 3.77. The fraction of sp³-hybridized carbons (Fsp3) is 0.450. The van der Waals surface area contributed by atoms with E-state index in [9.17, 15) is 0 Å². The molecule has 1 aliphatic rings. The molecular weight excluding hydrogens is 300 g/mol. The molecule has 0 amide bonds. The van der Waals surface area contributed by atoms with Gasteiger partial charge in [-0.3, -0.25) is 9.88 Å². The molecule has 24 heavy (non-hydrogen) atoms. The molecule has 3 rings (SSSR count). The van der Waals surface area contributed by atoms with Crippen LogP contribution in [-0.2, 0) is 24.2 Å². The van der Waals surface area contributed by atoms with Crippen LogP contribution in [0.5, 0.6) is 5.75 Å². The van der Waals surface area contributed by atoms with Crippen LogP contribution in [0.4, 0.5) is 0 Å². The topological polar surface area (TPSA) is 34.6 Å². The normalized spacial score (nSPS) is 16.2. The predicted molar refractivity (Wildman–Crippen MR) is 95.1 cm³/mol. The van der Waals surface area contributed by atoms with Crippen molar-refractivity contribution in [2.75, 3.05) is 20.3 Å². The van der Waals surface area contributed by atoms with Crippen molar-refractivity contribution in [3.8, 4) is 5.75 Å². The highest BCUT2D eigenvalue weighted by Gasteiger charge is 2.19. The number of hydrogen-bond donors (Lipinski definition) is 0. The quantitative estimate of drug-likeness (QED) is 0.696. The van der Waals surface area contributed by atoms with Crippen molar-refractivity contribution in [1.29, 1.82) is 0 Å². The molecule has 1 unspecified atom stereocenters. The molecule has 0 bridgehead atoms. The van der Waals surface area contributed by atoms with Gasteiger partial charge in [0.25, 0.3) is 0 Å². The Bertz CT molecular complexity index is 645. The van der Waals surface area contributed by atoms with Crippen molar-refractivity contribution < 1.29 is 9.47 Å². The Balaban J connectivity index is 1.67. The summed E-state index contributed by atoms with van der Waals surface area (Å²) >= 11 is 0. The smallest absolute Gasteiger partial charge is 0.123 e. The Kier molecular flexibility index (Phi) is 5.83. The minimum Gasteiger partial charge on any atom is -0.490 e. The van der Waals surface area contributed by atoms with Gasteiger partial charge in [0, 0.05) is 46.0 Å². The number of ether oxygens (including phenoxy) is 2. The highest BCUT2D eigenvalue weighted by Crippen LogP contribution is 2.29. The van der Waals surface area contributed by atoms with E-state index in [1.54, 1.807) is 7.11 Å². The molecular formula is C20H26N2O2. The van der Waals surface area contributed by atoms with Gasteiger partial charge in [-0.25, -0.2) is 0 Å². The third-order valence-corrected chi connectivity index (χ3v) is 4.30. The zero-order valence-corrected chi connectivity index (χ0v) is 14.6. The summed E-state index contributed by atoms with van der Waals surface area (Å²) in [6, 6.07) is 12.7. The summed E-state index contributed by atoms with van der Waals surface area (Å²) in [5.74, 6) is 1.04. The Morgan fingerprint density at radius 2 is 2.17 bits per heavy atom. The first-order valence-electron chi connectivity index (χ1n) is 8.64. The van der Waals surface area contributed by atoms with Gasteiger partial charge in [0.05, 0.1) is 5.69 Å². The number of fused-ring (bicyclic) bond motifs is 1. The lowest BCUT2D eigenvalue weighted by molar-refractivity contribution is 0.166. The first-order valence-corrected chi connectivity index (χ1v) is 8.64. The molecule has 0 spiro atoms. The van der Waals surface area contributed by atoms with Gasteiger partial charge in [-0.05, 0) is 42.7 Å². The molecule has 0 radical (unpaired) electrons. The van der Waals surface area contributed by atoms with Crippen LogP contribution in [0.1, 0.15) is 30.2 Å². The third kappa shape index (κ3) is 4.56. The van der Waals surface area contributed by atoms with Crippen LogP contribution in [0.25, 0.3) is 0 Å². The molecule has 0 N–H and O–H groups in total. The van der Waals surface area contributed by atoms with Crippen LogP contribution >= 0.6 is 0 Å². The van der Waals surface area contributed by atoms with E-state index in [-0.39, 0.29) is 0 Å². The molecule has 2 aromatic rings. The summed E-state index contributed by atoms with van der Waals surface area (Å²) in [6.07, 6.45) is 4.18. The van der Waals surface area contributed by atoms with Gasteiger partial charge in [0.15, 0.2) is 0 Å². The van der Waals surface area contributed by atoms with Crippen LogP contribution in [0.15, 0.2) is 42.6 Å². The summed E-state index contributed by atoms with van der Waals surface area (Å²) in [6.45, 7) is 5.68. The van der Waals surface area contributed by atoms with Gasteiger partial charge in [-0.2, -0.15) is 0 Å². The molecule has 1 aromatic heterocycles. The zero-order valence-electron chi connectivity index (χ0n) is 14.6. The minimum absolute atomic E-state index is 0.293. The first kappa shape index (κ1) is 16.9. The van der Waals surface area contributed by atoms with Gasteiger partial charge in [0.2, 0.25) is 0 Å². The van der Waals surface area contributed by atoms with Crippen molar-refractivity contribution in [1.82, 2.24) is 9.88 Å². The van der Waals surface area contributed by atoms with E-state index in [1.807, 2.05) is 18.3 Å². The van der Waals surface area contributed by atoms with Crippen LogP contribution in [0.2, 0.25) is 0 Å². The molecule has 0 saturated carbocycles. The first-order chi connectivity index (χ1) is 11.7. The molecule has 128 valence electrons. The van der Waals surface area contributed by atoms with Gasteiger partial charge in [-0.1, -0.05) is 18.2 Å². The molecule has 0 fully saturated rings. The van der Waals surface area contributed by atoms with Crippen molar-refractivity contribution in [3.63, 3.8) is 0 Å². The van der Waals surface area contributed by atoms with Crippen molar-refractivity contribution in [2.24, 2.45) is 0 Å². The molecule has 4 nitrogen and oxygen atoms in total. The number of nitrogens with zero attached hydrogens (tertiary/aromatic N) is 2. The SMILES string of the molecule is COCCCN(Cc1ccc2c(c1)CC(C)O2)Cc1ccccn1. The Labute approximate surface area is 144 Å². The van der Waals surface area contributed by atoms with Crippen LogP contribution in [0, 0.1) is 0 Å². The number of benzene rings is 1. The Morgan fingerprint density at radius 1 is 1.25 bits per heavy atom. The minimum atomic E-state index is 0.293. The highest BCUT2D eigenvalue weighted by atomic mass is 16.5. The van der Waals surface area contributed by atoms with E-state index in [0.717, 1.165) is 50.5 Å². The van der Waals surface area contributed by atoms with Gasteiger partial charge < -0.3 is 9.47 Å². The van der Waals surface area contributed by atoms with Crippen molar-refractivity contribution in [2.45, 2.75) is 39.0 Å². The molecule has 0 aliphatic carbocycles. The summed E-state index contributed by atoms with van der Waals surface area (Å²) in [7, 11) is 1.75. The standard InChI is InChI=1S/C20H26N2O2/c1-16-12-18-13-17(7-8-20(18)24-16)14-22(10-5-11-23-2)15-19-6-3-4-9-21-19/h3-4,6-9,13,16H,5,10-12,14-15H2,1-2H3. The molecule has 1 aliphatic heterocycles. The second kappa shape index (κ2) is 8.27. The van der Waals surface area contributed by atoms with E-state index in [0.29, 0.717) is 6.10 Å². The van der Waals surface area contributed by atoms with Gasteiger partial charge in [-0.15, -0.1) is 0 Å². The number of methoxy groups -OCH3 is 1. The fourth-order valence-corrected chi connectivity index (χ4v) is 3.20. The van der Waals surface area contributed by atoms with Crippen molar-refractivity contribution in [3.05, 3.63) is 59.4 Å². The van der Waals surface area contributed by atoms with E-state index in [4.69, 9.17) is 9.47 Å². The Hall–Kier alpha value is -1.91. The summed E-state index contributed by atoms with van der Waals surface area (Å²) in [5, 5.41) is 0. The number of hydrogen-bond acceptors (Lipinski definition) is 4. The van der Waals surface area contributed by atoms with Crippen molar-refractivity contribution >= 4 is 0 Å².